The molecule has 0 bridgehead atoms. The number of carbonyl (C=O) groups is 3. The summed E-state index contributed by atoms with van der Waals surface area (Å²) in [6.45, 7) is 7.10. The van der Waals surface area contributed by atoms with Crippen LogP contribution in [0.25, 0.3) is 0 Å². The minimum absolute atomic E-state index is 0.0916. The maximum absolute atomic E-state index is 12.1. The number of hydrogen-bond donors (Lipinski definition) is 1. The standard InChI is InChI=1S/C16H21N3O5/c1-12(2)15(21)24-11-5-17-16(22)19-8-6-18(7-9-19)14(20)13-4-3-10-23-13/h3-4,10H,1,5-9,11H2,2H3,(H,17,22). The summed E-state index contributed by atoms with van der Waals surface area (Å²) in [5, 5.41) is 2.68. The Bertz CT molecular complexity index is 603. The van der Waals surface area contributed by atoms with Gasteiger partial charge in [-0.15, -0.1) is 0 Å². The Balaban J connectivity index is 1.68. The molecule has 24 heavy (non-hydrogen) atoms. The molecule has 1 aliphatic rings. The molecule has 0 spiro atoms. The minimum Gasteiger partial charge on any atom is -0.460 e. The van der Waals surface area contributed by atoms with E-state index in [1.54, 1.807) is 28.9 Å². The van der Waals surface area contributed by atoms with E-state index in [1.807, 2.05) is 0 Å². The molecule has 8 heteroatoms. The average molecular weight is 335 g/mol. The SMILES string of the molecule is C=C(C)C(=O)OCCNC(=O)N1CCN(C(=O)c2ccco2)CC1. The molecule has 2 rings (SSSR count). The normalized spacial score (nSPS) is 14.2. The van der Waals surface area contributed by atoms with E-state index in [2.05, 4.69) is 11.9 Å². The lowest BCUT2D eigenvalue weighted by Crippen LogP contribution is -2.53. The van der Waals surface area contributed by atoms with Crippen molar-refractivity contribution in [3.8, 4) is 0 Å². The number of esters is 1. The van der Waals surface area contributed by atoms with Gasteiger partial charge in [0.2, 0.25) is 0 Å². The molecule has 1 aromatic heterocycles. The maximum atomic E-state index is 12.1. The molecule has 0 aliphatic carbocycles. The number of carbonyl (C=O) groups excluding carboxylic acids is 3. The molecule has 1 aliphatic heterocycles. The van der Waals surface area contributed by atoms with Crippen molar-refractivity contribution in [1.82, 2.24) is 15.1 Å². The third-order valence-electron chi connectivity index (χ3n) is 3.55. The van der Waals surface area contributed by atoms with Crippen LogP contribution in [0.15, 0.2) is 35.0 Å². The first kappa shape index (κ1) is 17.6. The molecule has 3 amide bonds. The fraction of sp³-hybridized carbons (Fsp3) is 0.438. The Labute approximate surface area is 140 Å². The van der Waals surface area contributed by atoms with Crippen molar-refractivity contribution in [3.63, 3.8) is 0 Å². The second kappa shape index (κ2) is 8.19. The highest BCUT2D eigenvalue weighted by molar-refractivity contribution is 5.91. The summed E-state index contributed by atoms with van der Waals surface area (Å²) in [6, 6.07) is 3.04. The lowest BCUT2D eigenvalue weighted by Gasteiger charge is -2.34. The number of amides is 3. The first-order valence-electron chi connectivity index (χ1n) is 7.67. The van der Waals surface area contributed by atoms with E-state index in [-0.39, 0.29) is 25.1 Å². The Morgan fingerprint density at radius 1 is 1.25 bits per heavy atom. The summed E-state index contributed by atoms with van der Waals surface area (Å²) >= 11 is 0. The second-order valence-electron chi connectivity index (χ2n) is 5.40. The fourth-order valence-electron chi connectivity index (χ4n) is 2.21. The first-order valence-corrected chi connectivity index (χ1v) is 7.67. The van der Waals surface area contributed by atoms with Crippen molar-refractivity contribution in [2.75, 3.05) is 39.3 Å². The minimum atomic E-state index is -0.477. The van der Waals surface area contributed by atoms with Crippen LogP contribution in [0.1, 0.15) is 17.5 Å². The Kier molecular flexibility index (Phi) is 6.00. The molecule has 0 atom stereocenters. The maximum Gasteiger partial charge on any atom is 0.333 e. The molecular formula is C16H21N3O5. The third-order valence-corrected chi connectivity index (χ3v) is 3.55. The molecule has 2 heterocycles. The average Bonchev–Trinajstić information content (AvgIpc) is 3.12. The zero-order valence-electron chi connectivity index (χ0n) is 13.6. The van der Waals surface area contributed by atoms with Crippen molar-refractivity contribution >= 4 is 17.9 Å². The van der Waals surface area contributed by atoms with Gasteiger partial charge in [0.05, 0.1) is 12.8 Å². The summed E-state index contributed by atoms with van der Waals surface area (Å²) in [5.41, 5.74) is 0.318. The monoisotopic (exact) mass is 335 g/mol. The summed E-state index contributed by atoms with van der Waals surface area (Å²) in [4.78, 5) is 38.6. The van der Waals surface area contributed by atoms with Crippen molar-refractivity contribution in [3.05, 3.63) is 36.3 Å². The van der Waals surface area contributed by atoms with Gasteiger partial charge in [0, 0.05) is 31.8 Å². The van der Waals surface area contributed by atoms with Gasteiger partial charge >= 0.3 is 12.0 Å². The number of rotatable bonds is 5. The van der Waals surface area contributed by atoms with Crippen molar-refractivity contribution in [2.24, 2.45) is 0 Å². The highest BCUT2D eigenvalue weighted by Gasteiger charge is 2.25. The molecule has 0 radical (unpaired) electrons. The molecule has 0 saturated carbocycles. The van der Waals surface area contributed by atoms with Crippen LogP contribution in [-0.4, -0.2) is 67.0 Å². The number of nitrogens with one attached hydrogen (secondary N) is 1. The summed E-state index contributed by atoms with van der Waals surface area (Å²) in [5.74, 6) is -0.353. The van der Waals surface area contributed by atoms with E-state index in [0.717, 1.165) is 0 Å². The van der Waals surface area contributed by atoms with Crippen molar-refractivity contribution < 1.29 is 23.5 Å². The lowest BCUT2D eigenvalue weighted by atomic mass is 10.3. The highest BCUT2D eigenvalue weighted by atomic mass is 16.5. The number of furan rings is 1. The summed E-state index contributed by atoms with van der Waals surface area (Å²) in [6.07, 6.45) is 1.46. The Morgan fingerprint density at radius 2 is 1.92 bits per heavy atom. The van der Waals surface area contributed by atoms with Gasteiger partial charge in [0.15, 0.2) is 5.76 Å². The summed E-state index contributed by atoms with van der Waals surface area (Å²) < 4.78 is 9.99. The molecular weight excluding hydrogens is 314 g/mol. The molecule has 1 saturated heterocycles. The number of piperazine rings is 1. The van der Waals surface area contributed by atoms with Gasteiger partial charge < -0.3 is 24.3 Å². The Morgan fingerprint density at radius 3 is 2.50 bits per heavy atom. The molecule has 1 aromatic rings. The molecule has 8 nitrogen and oxygen atoms in total. The van der Waals surface area contributed by atoms with Crippen LogP contribution >= 0.6 is 0 Å². The van der Waals surface area contributed by atoms with Crippen LogP contribution in [0.3, 0.4) is 0 Å². The first-order chi connectivity index (χ1) is 11.5. The molecule has 0 unspecified atom stereocenters. The van der Waals surface area contributed by atoms with Gasteiger partial charge in [0.25, 0.3) is 5.91 Å². The number of nitrogens with zero attached hydrogens (tertiary/aromatic N) is 2. The van der Waals surface area contributed by atoms with Gasteiger partial charge in [-0.3, -0.25) is 4.79 Å². The number of ether oxygens (including phenoxy) is 1. The van der Waals surface area contributed by atoms with E-state index in [4.69, 9.17) is 9.15 Å². The second-order valence-corrected chi connectivity index (χ2v) is 5.40. The molecule has 1 fully saturated rings. The van der Waals surface area contributed by atoms with Gasteiger partial charge in [-0.1, -0.05) is 6.58 Å². The van der Waals surface area contributed by atoms with Crippen molar-refractivity contribution in [1.29, 1.82) is 0 Å². The van der Waals surface area contributed by atoms with Gasteiger partial charge in [0.1, 0.15) is 6.61 Å². The number of urea groups is 1. The molecule has 0 aromatic carbocycles. The van der Waals surface area contributed by atoms with E-state index in [1.165, 1.54) is 6.26 Å². The van der Waals surface area contributed by atoms with Crippen LogP contribution in [0.5, 0.6) is 0 Å². The van der Waals surface area contributed by atoms with E-state index < -0.39 is 5.97 Å². The fourth-order valence-corrected chi connectivity index (χ4v) is 2.21. The smallest absolute Gasteiger partial charge is 0.333 e. The molecule has 130 valence electrons. The van der Waals surface area contributed by atoms with E-state index >= 15 is 0 Å². The lowest BCUT2D eigenvalue weighted by molar-refractivity contribution is -0.138. The van der Waals surface area contributed by atoms with Crippen LogP contribution in [0.2, 0.25) is 0 Å². The van der Waals surface area contributed by atoms with Crippen LogP contribution in [-0.2, 0) is 9.53 Å². The highest BCUT2D eigenvalue weighted by Crippen LogP contribution is 2.09. The quantitative estimate of drug-likeness (QED) is 0.490. The largest absolute Gasteiger partial charge is 0.460 e. The third kappa shape index (κ3) is 4.61. The molecule has 1 N–H and O–H groups in total. The van der Waals surface area contributed by atoms with E-state index in [0.29, 0.717) is 37.5 Å². The van der Waals surface area contributed by atoms with Gasteiger partial charge in [-0.2, -0.15) is 0 Å². The zero-order valence-corrected chi connectivity index (χ0v) is 13.6. The van der Waals surface area contributed by atoms with Crippen LogP contribution in [0.4, 0.5) is 4.79 Å². The van der Waals surface area contributed by atoms with Gasteiger partial charge in [-0.25, -0.2) is 9.59 Å². The van der Waals surface area contributed by atoms with Crippen LogP contribution < -0.4 is 5.32 Å². The predicted octanol–water partition coefficient (Wildman–Crippen LogP) is 0.866. The van der Waals surface area contributed by atoms with E-state index in [9.17, 15) is 14.4 Å². The summed E-state index contributed by atoms with van der Waals surface area (Å²) in [7, 11) is 0. The predicted molar refractivity (Wildman–Crippen MR) is 85.4 cm³/mol. The zero-order chi connectivity index (χ0) is 17.5. The van der Waals surface area contributed by atoms with Gasteiger partial charge in [-0.05, 0) is 19.1 Å². The topological polar surface area (TPSA) is 92.1 Å². The Hall–Kier alpha value is -2.77. The van der Waals surface area contributed by atoms with Crippen molar-refractivity contribution in [2.45, 2.75) is 6.92 Å². The van der Waals surface area contributed by atoms with Crippen LogP contribution in [0, 0.1) is 0 Å². The number of hydrogen-bond acceptors (Lipinski definition) is 5.